The minimum atomic E-state index is -4.81. The van der Waals surface area contributed by atoms with Crippen LogP contribution < -0.4 is 14.8 Å². The molecule has 40 heavy (non-hydrogen) atoms. The standard InChI is InChI=1S/C27H20Cl2F3N3O5/c28-19-11-18(12-20(29)13-19)25-23(14-35(34-25)21-5-7-22(8-6-21)40-27(30,31)32)39-15-16-1-3-17(4-2-16)26(38)33-10-9-24(36)37/h1-8,11-14H,9-10,15H2,(H,33,38)(H,36,37). The first kappa shape index (κ1) is 28.8. The first-order valence-electron chi connectivity index (χ1n) is 11.6. The van der Waals surface area contributed by atoms with E-state index >= 15 is 0 Å². The number of carboxylic acids is 1. The lowest BCUT2D eigenvalue weighted by Gasteiger charge is -2.09. The Morgan fingerprint density at radius 1 is 0.975 bits per heavy atom. The SMILES string of the molecule is O=C(O)CCNC(=O)c1ccc(COc2cn(-c3ccc(OC(F)(F)F)cc3)nc2-c2cc(Cl)cc(Cl)c2)cc1. The lowest BCUT2D eigenvalue weighted by molar-refractivity contribution is -0.274. The zero-order valence-corrected chi connectivity index (χ0v) is 21.9. The summed E-state index contributed by atoms with van der Waals surface area (Å²) in [6.07, 6.45) is -3.43. The molecular weight excluding hydrogens is 574 g/mol. The number of rotatable bonds is 10. The molecule has 1 heterocycles. The van der Waals surface area contributed by atoms with Crippen LogP contribution in [0.1, 0.15) is 22.3 Å². The highest BCUT2D eigenvalue weighted by atomic mass is 35.5. The number of hydrogen-bond donors (Lipinski definition) is 2. The van der Waals surface area contributed by atoms with Gasteiger partial charge in [-0.1, -0.05) is 35.3 Å². The fraction of sp³-hybridized carbons (Fsp3) is 0.148. The van der Waals surface area contributed by atoms with Gasteiger partial charge in [0, 0.05) is 27.7 Å². The normalized spacial score (nSPS) is 11.2. The third-order valence-corrected chi connectivity index (χ3v) is 5.82. The van der Waals surface area contributed by atoms with E-state index in [2.05, 4.69) is 15.2 Å². The highest BCUT2D eigenvalue weighted by molar-refractivity contribution is 6.35. The van der Waals surface area contributed by atoms with Crippen LogP contribution in [0.15, 0.2) is 72.9 Å². The topological polar surface area (TPSA) is 103 Å². The average molecular weight is 594 g/mol. The first-order chi connectivity index (χ1) is 19.0. The van der Waals surface area contributed by atoms with E-state index in [9.17, 15) is 22.8 Å². The summed E-state index contributed by atoms with van der Waals surface area (Å²) in [4.78, 5) is 22.8. The summed E-state index contributed by atoms with van der Waals surface area (Å²) in [5, 5.41) is 16.5. The number of nitrogens with zero attached hydrogens (tertiary/aromatic N) is 2. The molecule has 0 aliphatic heterocycles. The Kier molecular flexibility index (Phi) is 8.86. The van der Waals surface area contributed by atoms with Crippen LogP contribution in [0.5, 0.6) is 11.5 Å². The molecule has 3 aromatic carbocycles. The maximum atomic E-state index is 12.5. The van der Waals surface area contributed by atoms with Crippen molar-refractivity contribution in [3.63, 3.8) is 0 Å². The predicted molar refractivity (Wildman–Crippen MR) is 141 cm³/mol. The number of aromatic nitrogens is 2. The van der Waals surface area contributed by atoms with Crippen molar-refractivity contribution in [2.45, 2.75) is 19.4 Å². The van der Waals surface area contributed by atoms with Crippen molar-refractivity contribution >= 4 is 35.1 Å². The quantitative estimate of drug-likeness (QED) is 0.217. The number of nitrogens with one attached hydrogen (secondary N) is 1. The molecule has 1 aromatic heterocycles. The molecule has 0 spiro atoms. The Labute approximate surface area is 235 Å². The summed E-state index contributed by atoms with van der Waals surface area (Å²) in [5.41, 5.74) is 2.45. The van der Waals surface area contributed by atoms with E-state index in [-0.39, 0.29) is 25.3 Å². The lowest BCUT2D eigenvalue weighted by Crippen LogP contribution is -2.25. The molecule has 4 aromatic rings. The van der Waals surface area contributed by atoms with Gasteiger partial charge < -0.3 is 19.9 Å². The van der Waals surface area contributed by atoms with Crippen LogP contribution in [0.3, 0.4) is 0 Å². The van der Waals surface area contributed by atoms with Crippen molar-refractivity contribution in [2.75, 3.05) is 6.54 Å². The van der Waals surface area contributed by atoms with E-state index in [1.807, 2.05) is 0 Å². The molecule has 0 bridgehead atoms. The highest BCUT2D eigenvalue weighted by Gasteiger charge is 2.31. The van der Waals surface area contributed by atoms with E-state index in [1.54, 1.807) is 48.7 Å². The second-order valence-corrected chi connectivity index (χ2v) is 9.24. The smallest absolute Gasteiger partial charge is 0.485 e. The molecule has 8 nitrogen and oxygen atoms in total. The van der Waals surface area contributed by atoms with Gasteiger partial charge in [-0.15, -0.1) is 13.2 Å². The summed E-state index contributed by atoms with van der Waals surface area (Å²) in [5.74, 6) is -1.45. The van der Waals surface area contributed by atoms with Gasteiger partial charge in [0.2, 0.25) is 0 Å². The van der Waals surface area contributed by atoms with Crippen LogP contribution >= 0.6 is 23.2 Å². The van der Waals surface area contributed by atoms with Crippen molar-refractivity contribution in [1.82, 2.24) is 15.1 Å². The maximum Gasteiger partial charge on any atom is 0.573 e. The number of carbonyl (C=O) groups is 2. The Bertz CT molecular complexity index is 1490. The molecule has 0 fully saturated rings. The maximum absolute atomic E-state index is 12.5. The van der Waals surface area contributed by atoms with Crippen molar-refractivity contribution in [2.24, 2.45) is 0 Å². The first-order valence-corrected chi connectivity index (χ1v) is 12.4. The summed E-state index contributed by atoms with van der Waals surface area (Å²) in [7, 11) is 0. The number of halogens is 5. The minimum absolute atomic E-state index is 0.0113. The molecule has 0 aliphatic carbocycles. The Hall–Kier alpha value is -4.22. The summed E-state index contributed by atoms with van der Waals surface area (Å²) in [6.45, 7) is 0.101. The zero-order valence-electron chi connectivity index (χ0n) is 20.4. The summed E-state index contributed by atoms with van der Waals surface area (Å²) in [6, 6.07) is 16.5. The van der Waals surface area contributed by atoms with Gasteiger partial charge in [0.1, 0.15) is 18.1 Å². The van der Waals surface area contributed by atoms with E-state index in [0.29, 0.717) is 38.3 Å². The molecule has 0 saturated heterocycles. The summed E-state index contributed by atoms with van der Waals surface area (Å²) < 4.78 is 48.9. The van der Waals surface area contributed by atoms with E-state index < -0.39 is 18.2 Å². The molecule has 13 heteroatoms. The van der Waals surface area contributed by atoms with Crippen LogP contribution in [-0.2, 0) is 11.4 Å². The lowest BCUT2D eigenvalue weighted by atomic mass is 10.1. The Morgan fingerprint density at radius 3 is 2.23 bits per heavy atom. The van der Waals surface area contributed by atoms with Crippen LogP contribution in [0.25, 0.3) is 16.9 Å². The molecule has 2 N–H and O–H groups in total. The number of alkyl halides is 3. The Balaban J connectivity index is 1.55. The molecular formula is C27H20Cl2F3N3O5. The monoisotopic (exact) mass is 593 g/mol. The molecule has 4 rings (SSSR count). The van der Waals surface area contributed by atoms with Crippen molar-refractivity contribution < 1.29 is 37.3 Å². The zero-order chi connectivity index (χ0) is 28.9. The molecule has 0 radical (unpaired) electrons. The molecule has 0 atom stereocenters. The second kappa shape index (κ2) is 12.3. The largest absolute Gasteiger partial charge is 0.573 e. The van der Waals surface area contributed by atoms with Crippen LogP contribution in [0.4, 0.5) is 13.2 Å². The fourth-order valence-corrected chi connectivity index (χ4v) is 4.11. The van der Waals surface area contributed by atoms with E-state index in [4.69, 9.17) is 33.0 Å². The van der Waals surface area contributed by atoms with Crippen LogP contribution in [-0.4, -0.2) is 39.7 Å². The number of carboxylic acid groups (broad SMARTS) is 1. The van der Waals surface area contributed by atoms with Gasteiger partial charge in [-0.25, -0.2) is 4.68 Å². The third kappa shape index (κ3) is 7.90. The van der Waals surface area contributed by atoms with Gasteiger partial charge in [-0.3, -0.25) is 9.59 Å². The van der Waals surface area contributed by atoms with Crippen LogP contribution in [0.2, 0.25) is 10.0 Å². The number of amides is 1. The second-order valence-electron chi connectivity index (χ2n) is 8.37. The minimum Gasteiger partial charge on any atom is -0.485 e. The number of benzene rings is 3. The van der Waals surface area contributed by atoms with Gasteiger partial charge in [0.05, 0.1) is 18.3 Å². The number of ether oxygens (including phenoxy) is 2. The Morgan fingerprint density at radius 2 is 1.62 bits per heavy atom. The van der Waals surface area contributed by atoms with Crippen molar-refractivity contribution in [3.05, 3.63) is 94.1 Å². The van der Waals surface area contributed by atoms with Crippen LogP contribution in [0, 0.1) is 0 Å². The van der Waals surface area contributed by atoms with Gasteiger partial charge >= 0.3 is 12.3 Å². The van der Waals surface area contributed by atoms with E-state index in [1.165, 1.54) is 28.9 Å². The third-order valence-electron chi connectivity index (χ3n) is 5.39. The highest BCUT2D eigenvalue weighted by Crippen LogP contribution is 2.34. The predicted octanol–water partition coefficient (Wildman–Crippen LogP) is 6.53. The molecule has 208 valence electrons. The molecule has 0 unspecified atom stereocenters. The molecule has 1 amide bonds. The van der Waals surface area contributed by atoms with Gasteiger partial charge in [-0.2, -0.15) is 5.10 Å². The average Bonchev–Trinajstić information content (AvgIpc) is 3.31. The molecule has 0 saturated carbocycles. The van der Waals surface area contributed by atoms with Gasteiger partial charge in [0.15, 0.2) is 5.75 Å². The van der Waals surface area contributed by atoms with E-state index in [0.717, 1.165) is 5.56 Å². The number of carbonyl (C=O) groups excluding carboxylic acids is 1. The van der Waals surface area contributed by atoms with Gasteiger partial charge in [0.25, 0.3) is 5.91 Å². The molecule has 0 aliphatic rings. The number of aliphatic carboxylic acids is 1. The fourth-order valence-electron chi connectivity index (χ4n) is 3.59. The van der Waals surface area contributed by atoms with Crippen molar-refractivity contribution in [3.8, 4) is 28.4 Å². The van der Waals surface area contributed by atoms with Gasteiger partial charge in [-0.05, 0) is 60.2 Å². The number of hydrogen-bond acceptors (Lipinski definition) is 5. The van der Waals surface area contributed by atoms with Crippen molar-refractivity contribution in [1.29, 1.82) is 0 Å². The summed E-state index contributed by atoms with van der Waals surface area (Å²) >= 11 is 12.4.